The van der Waals surface area contributed by atoms with Gasteiger partial charge in [-0.3, -0.25) is 9.59 Å². The molecule has 3 rings (SSSR count). The number of hydrogen-bond donors (Lipinski definition) is 0. The summed E-state index contributed by atoms with van der Waals surface area (Å²) in [5.41, 5.74) is 1.46. The van der Waals surface area contributed by atoms with Gasteiger partial charge in [-0.05, 0) is 31.0 Å². The van der Waals surface area contributed by atoms with Crippen LogP contribution in [0.25, 0.3) is 10.9 Å². The van der Waals surface area contributed by atoms with Crippen LogP contribution >= 0.6 is 0 Å². The van der Waals surface area contributed by atoms with Crippen LogP contribution in [0.15, 0.2) is 24.4 Å². The van der Waals surface area contributed by atoms with Crippen molar-refractivity contribution in [1.82, 2.24) is 9.47 Å². The van der Waals surface area contributed by atoms with Crippen molar-refractivity contribution in [3.8, 4) is 5.75 Å². The van der Waals surface area contributed by atoms with E-state index < -0.39 is 0 Å². The Balaban J connectivity index is 1.84. The van der Waals surface area contributed by atoms with E-state index in [4.69, 9.17) is 4.74 Å². The van der Waals surface area contributed by atoms with Crippen LogP contribution in [-0.2, 0) is 11.3 Å². The van der Waals surface area contributed by atoms with E-state index in [0.717, 1.165) is 30.0 Å². The molecule has 1 aromatic heterocycles. The number of benzene rings is 1. The monoisotopic (exact) mass is 328 g/mol. The molecule has 1 aliphatic carbocycles. The van der Waals surface area contributed by atoms with Crippen molar-refractivity contribution in [1.29, 1.82) is 0 Å². The minimum Gasteiger partial charge on any atom is -0.497 e. The second-order valence-electron chi connectivity index (χ2n) is 6.51. The lowest BCUT2D eigenvalue weighted by Crippen LogP contribution is -2.40. The third kappa shape index (κ3) is 3.16. The number of rotatable bonds is 5. The normalized spacial score (nSPS) is 15.4. The Labute approximate surface area is 142 Å². The molecule has 128 valence electrons. The van der Waals surface area contributed by atoms with E-state index in [0.29, 0.717) is 17.4 Å². The first kappa shape index (κ1) is 16.6. The summed E-state index contributed by atoms with van der Waals surface area (Å²) in [4.78, 5) is 25.9. The predicted octanol–water partition coefficient (Wildman–Crippen LogP) is 3.25. The number of amides is 1. The minimum absolute atomic E-state index is 0.0899. The fourth-order valence-corrected chi connectivity index (χ4v) is 3.58. The van der Waals surface area contributed by atoms with E-state index >= 15 is 0 Å². The topological polar surface area (TPSA) is 51.5 Å². The summed E-state index contributed by atoms with van der Waals surface area (Å²) in [5.74, 6) is 0.793. The van der Waals surface area contributed by atoms with Gasteiger partial charge in [0.1, 0.15) is 12.3 Å². The highest BCUT2D eigenvalue weighted by Gasteiger charge is 2.22. The molecule has 1 heterocycles. The summed E-state index contributed by atoms with van der Waals surface area (Å²) in [6, 6.07) is 5.93. The number of carbonyl (C=O) groups excluding carboxylic acids is 2. The Kier molecular flexibility index (Phi) is 4.88. The highest BCUT2D eigenvalue weighted by Crippen LogP contribution is 2.26. The van der Waals surface area contributed by atoms with Crippen LogP contribution in [0.2, 0.25) is 0 Å². The Bertz CT molecular complexity index is 744. The van der Waals surface area contributed by atoms with Crippen molar-refractivity contribution in [2.45, 2.75) is 44.7 Å². The standard InChI is InChI=1S/C19H24N2O3/c1-20(15-6-4-3-5-7-15)19(23)12-21-11-14(13-22)17-10-16(24-2)8-9-18(17)21/h8-11,13,15H,3-7,12H2,1-2H3. The Morgan fingerprint density at radius 1 is 1.33 bits per heavy atom. The van der Waals surface area contributed by atoms with Crippen molar-refractivity contribution < 1.29 is 14.3 Å². The van der Waals surface area contributed by atoms with Gasteiger partial charge in [-0.2, -0.15) is 0 Å². The Hall–Kier alpha value is -2.30. The van der Waals surface area contributed by atoms with Crippen LogP contribution in [-0.4, -0.2) is 41.9 Å². The third-order valence-electron chi connectivity index (χ3n) is 5.07. The molecule has 0 N–H and O–H groups in total. The highest BCUT2D eigenvalue weighted by atomic mass is 16.5. The number of methoxy groups -OCH3 is 1. The molecule has 0 aliphatic heterocycles. The fourth-order valence-electron chi connectivity index (χ4n) is 3.58. The molecule has 0 radical (unpaired) electrons. The summed E-state index contributed by atoms with van der Waals surface area (Å²) in [6.07, 6.45) is 8.42. The van der Waals surface area contributed by atoms with Crippen LogP contribution in [0.3, 0.4) is 0 Å². The maximum atomic E-state index is 12.7. The van der Waals surface area contributed by atoms with Gasteiger partial charge in [0.05, 0.1) is 7.11 Å². The summed E-state index contributed by atoms with van der Waals surface area (Å²) in [7, 11) is 3.50. The second kappa shape index (κ2) is 7.07. The predicted molar refractivity (Wildman–Crippen MR) is 93.5 cm³/mol. The van der Waals surface area contributed by atoms with Gasteiger partial charge < -0.3 is 14.2 Å². The van der Waals surface area contributed by atoms with E-state index in [9.17, 15) is 9.59 Å². The first-order valence-electron chi connectivity index (χ1n) is 8.51. The quantitative estimate of drug-likeness (QED) is 0.792. The van der Waals surface area contributed by atoms with E-state index in [1.165, 1.54) is 19.3 Å². The Morgan fingerprint density at radius 3 is 2.75 bits per heavy atom. The molecule has 1 amide bonds. The third-order valence-corrected chi connectivity index (χ3v) is 5.07. The maximum Gasteiger partial charge on any atom is 0.242 e. The smallest absolute Gasteiger partial charge is 0.242 e. The average molecular weight is 328 g/mol. The summed E-state index contributed by atoms with van der Waals surface area (Å²) >= 11 is 0. The molecule has 0 unspecified atom stereocenters. The van der Waals surface area contributed by atoms with E-state index in [-0.39, 0.29) is 12.5 Å². The molecule has 0 spiro atoms. The van der Waals surface area contributed by atoms with Gasteiger partial charge >= 0.3 is 0 Å². The summed E-state index contributed by atoms with van der Waals surface area (Å²) in [6.45, 7) is 0.254. The number of likely N-dealkylation sites (N-methyl/N-ethyl adjacent to an activating group) is 1. The SMILES string of the molecule is COc1ccc2c(c1)c(C=O)cn2CC(=O)N(C)C1CCCCC1. The first-order valence-corrected chi connectivity index (χ1v) is 8.51. The number of nitrogens with zero attached hydrogens (tertiary/aromatic N) is 2. The number of fused-ring (bicyclic) bond motifs is 1. The molecule has 1 aromatic carbocycles. The molecule has 2 aromatic rings. The number of aldehydes is 1. The van der Waals surface area contributed by atoms with Crippen LogP contribution < -0.4 is 4.74 Å². The van der Waals surface area contributed by atoms with Crippen LogP contribution in [0, 0.1) is 0 Å². The molecule has 5 nitrogen and oxygen atoms in total. The zero-order valence-electron chi connectivity index (χ0n) is 14.3. The van der Waals surface area contributed by atoms with Crippen molar-refractivity contribution in [3.05, 3.63) is 30.0 Å². The van der Waals surface area contributed by atoms with Crippen molar-refractivity contribution in [2.75, 3.05) is 14.2 Å². The van der Waals surface area contributed by atoms with E-state index in [1.54, 1.807) is 13.3 Å². The number of carbonyl (C=O) groups is 2. The second-order valence-corrected chi connectivity index (χ2v) is 6.51. The average Bonchev–Trinajstić information content (AvgIpc) is 2.98. The first-order chi connectivity index (χ1) is 11.6. The zero-order valence-corrected chi connectivity index (χ0v) is 14.3. The van der Waals surface area contributed by atoms with Gasteiger partial charge in [-0.15, -0.1) is 0 Å². The molecule has 0 atom stereocenters. The largest absolute Gasteiger partial charge is 0.497 e. The molecular weight excluding hydrogens is 304 g/mol. The van der Waals surface area contributed by atoms with Gasteiger partial charge in [0.25, 0.3) is 0 Å². The van der Waals surface area contributed by atoms with Gasteiger partial charge in [-0.1, -0.05) is 19.3 Å². The van der Waals surface area contributed by atoms with Gasteiger partial charge in [0.15, 0.2) is 6.29 Å². The van der Waals surface area contributed by atoms with Crippen LogP contribution in [0.4, 0.5) is 0 Å². The lowest BCUT2D eigenvalue weighted by Gasteiger charge is -2.31. The lowest BCUT2D eigenvalue weighted by atomic mass is 9.94. The molecule has 0 saturated heterocycles. The van der Waals surface area contributed by atoms with Gasteiger partial charge in [0, 0.05) is 35.8 Å². The summed E-state index contributed by atoms with van der Waals surface area (Å²) in [5, 5.41) is 0.817. The molecule has 5 heteroatoms. The van der Waals surface area contributed by atoms with Crippen molar-refractivity contribution in [2.24, 2.45) is 0 Å². The highest BCUT2D eigenvalue weighted by molar-refractivity contribution is 5.98. The molecule has 24 heavy (non-hydrogen) atoms. The van der Waals surface area contributed by atoms with Crippen LogP contribution in [0.1, 0.15) is 42.5 Å². The van der Waals surface area contributed by atoms with Gasteiger partial charge in [-0.25, -0.2) is 0 Å². The van der Waals surface area contributed by atoms with Gasteiger partial charge in [0.2, 0.25) is 5.91 Å². The molecule has 1 saturated carbocycles. The Morgan fingerprint density at radius 2 is 2.08 bits per heavy atom. The van der Waals surface area contributed by atoms with Crippen LogP contribution in [0.5, 0.6) is 5.75 Å². The molecule has 1 aliphatic rings. The number of hydrogen-bond acceptors (Lipinski definition) is 3. The molecular formula is C19H24N2O3. The van der Waals surface area contributed by atoms with Crippen molar-refractivity contribution in [3.63, 3.8) is 0 Å². The lowest BCUT2D eigenvalue weighted by molar-refractivity contribution is -0.133. The fraction of sp³-hybridized carbons (Fsp3) is 0.474. The van der Waals surface area contributed by atoms with Crippen molar-refractivity contribution >= 4 is 23.1 Å². The molecule has 0 bridgehead atoms. The van der Waals surface area contributed by atoms with E-state index in [2.05, 4.69) is 0 Å². The maximum absolute atomic E-state index is 12.7. The number of ether oxygens (including phenoxy) is 1. The van der Waals surface area contributed by atoms with E-state index in [1.807, 2.05) is 34.7 Å². The summed E-state index contributed by atoms with van der Waals surface area (Å²) < 4.78 is 7.09. The number of aromatic nitrogens is 1. The minimum atomic E-state index is 0.0899. The zero-order chi connectivity index (χ0) is 17.1. The molecule has 1 fully saturated rings.